The van der Waals surface area contributed by atoms with E-state index in [0.717, 1.165) is 31.6 Å². The SMILES string of the molecule is CCOC(=O)c1cc(OCc2[nH]c3ccccc3c(=O)c2C)cc(OCC2CCOCC2)c1. The van der Waals surface area contributed by atoms with Gasteiger partial charge in [0.25, 0.3) is 0 Å². The molecule has 7 nitrogen and oxygen atoms in total. The van der Waals surface area contributed by atoms with Crippen LogP contribution in [0.5, 0.6) is 11.5 Å². The number of aromatic nitrogens is 1. The van der Waals surface area contributed by atoms with Crippen molar-refractivity contribution in [1.82, 2.24) is 4.98 Å². The third-order valence-electron chi connectivity index (χ3n) is 5.85. The molecule has 3 aromatic rings. The molecule has 0 aliphatic carbocycles. The molecule has 0 atom stereocenters. The summed E-state index contributed by atoms with van der Waals surface area (Å²) < 4.78 is 22.6. The molecular formula is C26H29NO6. The van der Waals surface area contributed by atoms with Gasteiger partial charge in [-0.15, -0.1) is 0 Å². The number of H-pyrrole nitrogens is 1. The summed E-state index contributed by atoms with van der Waals surface area (Å²) in [7, 11) is 0. The normalized spacial score (nSPS) is 14.2. The minimum atomic E-state index is -0.436. The molecular weight excluding hydrogens is 422 g/mol. The largest absolute Gasteiger partial charge is 0.493 e. The highest BCUT2D eigenvalue weighted by atomic mass is 16.5. The van der Waals surface area contributed by atoms with Gasteiger partial charge in [0.15, 0.2) is 5.43 Å². The fourth-order valence-corrected chi connectivity index (χ4v) is 3.88. The first kappa shape index (κ1) is 22.9. The molecule has 4 rings (SSSR count). The fraction of sp³-hybridized carbons (Fsp3) is 0.385. The minimum Gasteiger partial charge on any atom is -0.493 e. The second kappa shape index (κ2) is 10.5. The maximum Gasteiger partial charge on any atom is 0.338 e. The van der Waals surface area contributed by atoms with Crippen LogP contribution in [0, 0.1) is 12.8 Å². The summed E-state index contributed by atoms with van der Waals surface area (Å²) in [5.74, 6) is 0.996. The maximum absolute atomic E-state index is 12.7. The van der Waals surface area contributed by atoms with E-state index in [1.54, 1.807) is 38.1 Å². The predicted molar refractivity (Wildman–Crippen MR) is 125 cm³/mol. The molecule has 7 heteroatoms. The summed E-state index contributed by atoms with van der Waals surface area (Å²) in [5, 5.41) is 0.645. The van der Waals surface area contributed by atoms with Crippen molar-refractivity contribution in [1.29, 1.82) is 0 Å². The first-order valence-electron chi connectivity index (χ1n) is 11.3. The Morgan fingerprint density at radius 1 is 1.09 bits per heavy atom. The third kappa shape index (κ3) is 5.54. The minimum absolute atomic E-state index is 0.0243. The number of hydrogen-bond donors (Lipinski definition) is 1. The number of rotatable bonds is 8. The van der Waals surface area contributed by atoms with E-state index < -0.39 is 5.97 Å². The smallest absolute Gasteiger partial charge is 0.338 e. The number of benzene rings is 2. The number of ether oxygens (including phenoxy) is 4. The molecule has 1 saturated heterocycles. The van der Waals surface area contributed by atoms with Crippen LogP contribution in [0.1, 0.15) is 41.4 Å². The Bertz CT molecular complexity index is 1180. The summed E-state index contributed by atoms with van der Waals surface area (Å²) in [6.07, 6.45) is 1.91. The molecule has 1 N–H and O–H groups in total. The summed E-state index contributed by atoms with van der Waals surface area (Å²) in [4.78, 5) is 28.4. The highest BCUT2D eigenvalue weighted by Gasteiger charge is 2.17. The fourth-order valence-electron chi connectivity index (χ4n) is 3.88. The lowest BCUT2D eigenvalue weighted by Crippen LogP contribution is -2.21. The van der Waals surface area contributed by atoms with Crippen LogP contribution >= 0.6 is 0 Å². The lowest BCUT2D eigenvalue weighted by atomic mass is 10.0. The molecule has 0 unspecified atom stereocenters. The van der Waals surface area contributed by atoms with Gasteiger partial charge in [0.05, 0.1) is 24.5 Å². The second-order valence-electron chi connectivity index (χ2n) is 8.17. The number of aromatic amines is 1. The quantitative estimate of drug-likeness (QED) is 0.511. The number of pyridine rings is 1. The molecule has 0 radical (unpaired) electrons. The van der Waals surface area contributed by atoms with E-state index >= 15 is 0 Å². The standard InChI is InChI=1S/C26H29NO6/c1-3-31-26(29)19-12-20(32-15-18-8-10-30-11-9-18)14-21(13-19)33-16-24-17(2)25(28)22-6-4-5-7-23(22)27-24/h4-7,12-14,18H,3,8-11,15-16H2,1-2H3,(H,27,28). The number of fused-ring (bicyclic) bond motifs is 1. The number of carbonyl (C=O) groups is 1. The number of carbonyl (C=O) groups excluding carboxylic acids is 1. The first-order valence-corrected chi connectivity index (χ1v) is 11.3. The van der Waals surface area contributed by atoms with Gasteiger partial charge in [-0.2, -0.15) is 0 Å². The van der Waals surface area contributed by atoms with Crippen molar-refractivity contribution >= 4 is 16.9 Å². The summed E-state index contributed by atoms with van der Waals surface area (Å²) >= 11 is 0. The summed E-state index contributed by atoms with van der Waals surface area (Å²) in [6.45, 7) is 6.01. The molecule has 174 valence electrons. The van der Waals surface area contributed by atoms with Gasteiger partial charge in [-0.3, -0.25) is 4.79 Å². The number of para-hydroxylation sites is 1. The van der Waals surface area contributed by atoms with Crippen LogP contribution in [-0.2, 0) is 16.1 Å². The van der Waals surface area contributed by atoms with Crippen molar-refractivity contribution < 1.29 is 23.7 Å². The Hall–Kier alpha value is -3.32. The van der Waals surface area contributed by atoms with Gasteiger partial charge in [-0.25, -0.2) is 4.79 Å². The average Bonchev–Trinajstić information content (AvgIpc) is 2.85. The molecule has 0 spiro atoms. The first-order chi connectivity index (χ1) is 16.0. The third-order valence-corrected chi connectivity index (χ3v) is 5.85. The highest BCUT2D eigenvalue weighted by Crippen LogP contribution is 2.26. The van der Waals surface area contributed by atoms with Crippen LogP contribution < -0.4 is 14.9 Å². The van der Waals surface area contributed by atoms with Gasteiger partial charge >= 0.3 is 5.97 Å². The van der Waals surface area contributed by atoms with Crippen molar-refractivity contribution in [2.45, 2.75) is 33.3 Å². The Kier molecular flexibility index (Phi) is 7.29. The molecule has 1 aliphatic heterocycles. The average molecular weight is 452 g/mol. The lowest BCUT2D eigenvalue weighted by molar-refractivity contribution is 0.0494. The van der Waals surface area contributed by atoms with Crippen LogP contribution in [0.25, 0.3) is 10.9 Å². The summed E-state index contributed by atoms with van der Waals surface area (Å²) in [6, 6.07) is 12.5. The van der Waals surface area contributed by atoms with Crippen molar-refractivity contribution in [3.63, 3.8) is 0 Å². The van der Waals surface area contributed by atoms with E-state index in [0.29, 0.717) is 46.2 Å². The molecule has 1 fully saturated rings. The number of hydrogen-bond acceptors (Lipinski definition) is 6. The van der Waals surface area contributed by atoms with E-state index in [4.69, 9.17) is 18.9 Å². The van der Waals surface area contributed by atoms with E-state index in [1.807, 2.05) is 18.2 Å². The van der Waals surface area contributed by atoms with Crippen LogP contribution in [0.3, 0.4) is 0 Å². The second-order valence-corrected chi connectivity index (χ2v) is 8.17. The molecule has 0 amide bonds. The van der Waals surface area contributed by atoms with E-state index in [9.17, 15) is 9.59 Å². The zero-order valence-electron chi connectivity index (χ0n) is 19.0. The van der Waals surface area contributed by atoms with Gasteiger partial charge in [-0.05, 0) is 56.9 Å². The zero-order chi connectivity index (χ0) is 23.2. The maximum atomic E-state index is 12.7. The summed E-state index contributed by atoms with van der Waals surface area (Å²) in [5.41, 5.74) is 2.38. The number of nitrogens with one attached hydrogen (secondary N) is 1. The van der Waals surface area contributed by atoms with Crippen LogP contribution in [0.15, 0.2) is 47.3 Å². The van der Waals surface area contributed by atoms with Crippen molar-refractivity contribution in [2.75, 3.05) is 26.4 Å². The monoisotopic (exact) mass is 451 g/mol. The van der Waals surface area contributed by atoms with Crippen molar-refractivity contribution in [3.05, 3.63) is 69.5 Å². The van der Waals surface area contributed by atoms with Crippen molar-refractivity contribution in [2.24, 2.45) is 5.92 Å². The lowest BCUT2D eigenvalue weighted by Gasteiger charge is -2.22. The predicted octanol–water partition coefficient (Wildman–Crippen LogP) is 4.40. The molecule has 1 aromatic heterocycles. The van der Waals surface area contributed by atoms with E-state index in [2.05, 4.69) is 4.98 Å². The Morgan fingerprint density at radius 3 is 2.58 bits per heavy atom. The molecule has 2 aromatic carbocycles. The van der Waals surface area contributed by atoms with Crippen LogP contribution in [-0.4, -0.2) is 37.4 Å². The van der Waals surface area contributed by atoms with Gasteiger partial charge in [-0.1, -0.05) is 12.1 Å². The van der Waals surface area contributed by atoms with Crippen LogP contribution in [0.2, 0.25) is 0 Å². The molecule has 0 bridgehead atoms. The molecule has 2 heterocycles. The van der Waals surface area contributed by atoms with E-state index in [-0.39, 0.29) is 18.6 Å². The Balaban J connectivity index is 1.55. The van der Waals surface area contributed by atoms with Crippen LogP contribution in [0.4, 0.5) is 0 Å². The van der Waals surface area contributed by atoms with Gasteiger partial charge in [0.2, 0.25) is 0 Å². The van der Waals surface area contributed by atoms with Gasteiger partial charge in [0.1, 0.15) is 18.1 Å². The number of esters is 1. The molecule has 1 aliphatic rings. The Morgan fingerprint density at radius 2 is 1.82 bits per heavy atom. The highest BCUT2D eigenvalue weighted by molar-refractivity contribution is 5.90. The van der Waals surface area contributed by atoms with Crippen molar-refractivity contribution in [3.8, 4) is 11.5 Å². The topological polar surface area (TPSA) is 86.9 Å². The molecule has 0 saturated carbocycles. The van der Waals surface area contributed by atoms with Gasteiger partial charge in [0, 0.05) is 35.7 Å². The van der Waals surface area contributed by atoms with Gasteiger partial charge < -0.3 is 23.9 Å². The Labute approximate surface area is 192 Å². The van der Waals surface area contributed by atoms with E-state index in [1.165, 1.54) is 0 Å². The zero-order valence-corrected chi connectivity index (χ0v) is 19.0. The molecule has 33 heavy (non-hydrogen) atoms.